The normalized spacial score (nSPS) is 23.0. The van der Waals surface area contributed by atoms with Crippen LogP contribution in [0.25, 0.3) is 0 Å². The number of fused-ring (bicyclic) bond motifs is 4. The number of amides is 4. The summed E-state index contributed by atoms with van der Waals surface area (Å²) in [6.45, 7) is 30.3. The van der Waals surface area contributed by atoms with Gasteiger partial charge in [-0.05, 0) is 226 Å². The molecular formula is C76H113N19O8. The van der Waals surface area contributed by atoms with Crippen LogP contribution in [0.3, 0.4) is 0 Å². The van der Waals surface area contributed by atoms with Crippen LogP contribution in [0.4, 0.5) is 76.7 Å². The second-order valence-corrected chi connectivity index (χ2v) is 34.1. The van der Waals surface area contributed by atoms with E-state index in [9.17, 15) is 19.2 Å². The molecule has 3 aliphatic carbocycles. The smallest absolute Gasteiger partial charge is 0.410 e. The lowest BCUT2D eigenvalue weighted by molar-refractivity contribution is 0.00212. The SMILES string of the molecule is CC(C)(C)OC(=O)N1C2CCC1CN(c1ccc(N)nc1)C2.CC(C)(C)OC(=O)N1CC2CCC(C1)N2c1ccc(N)nc1.CC(C)(C)OC(=O)N1CCCC12CN(c1ccc(N)nc1)C2.CC(C)(C)OC(=O)NC1CC2(C1)CN(c1ccc(N)nc1)C2.Nc1ccc(NC2CC3(CCC3)C2)cn1. The molecular weight excluding hydrogens is 1310 g/mol. The second kappa shape index (κ2) is 29.9. The lowest BCUT2D eigenvalue weighted by Gasteiger charge is -2.59. The average molecular weight is 1420 g/mol. The van der Waals surface area contributed by atoms with Gasteiger partial charge in [0.05, 0.1) is 77.0 Å². The van der Waals surface area contributed by atoms with Crippen LogP contribution in [0, 0.1) is 10.8 Å². The van der Waals surface area contributed by atoms with Crippen LogP contribution in [0.2, 0.25) is 0 Å². The maximum atomic E-state index is 12.4. The van der Waals surface area contributed by atoms with E-state index in [1.165, 1.54) is 32.1 Å². The fraction of sp³-hybridized carbons (Fsp3) is 0.618. The van der Waals surface area contributed by atoms with Crippen LogP contribution in [0.1, 0.15) is 167 Å². The first-order valence-corrected chi connectivity index (χ1v) is 36.8. The molecule has 7 aliphatic heterocycles. The van der Waals surface area contributed by atoms with Crippen LogP contribution in [0.15, 0.2) is 91.6 Å². The third-order valence-electron chi connectivity index (χ3n) is 20.9. The number of carbonyl (C=O) groups is 4. The molecule has 3 saturated carbocycles. The molecule has 27 heteroatoms. The number of rotatable bonds is 7. The zero-order valence-corrected chi connectivity index (χ0v) is 62.7. The van der Waals surface area contributed by atoms with Gasteiger partial charge < -0.3 is 82.7 Å². The zero-order valence-electron chi connectivity index (χ0n) is 62.7. The molecule has 5 aromatic rings. The minimum atomic E-state index is -0.453. The molecule has 3 spiro atoms. The van der Waals surface area contributed by atoms with Crippen LogP contribution >= 0.6 is 0 Å². The molecule has 0 aromatic carbocycles. The molecule has 15 rings (SSSR count). The molecule has 4 amide bonds. The Balaban J connectivity index is 0.000000130. The molecule has 560 valence electrons. The first-order valence-electron chi connectivity index (χ1n) is 36.8. The minimum absolute atomic E-state index is 0.0796. The van der Waals surface area contributed by atoms with E-state index in [0.717, 1.165) is 131 Å². The molecule has 4 atom stereocenters. The number of hydrogen-bond donors (Lipinski definition) is 7. The Hall–Kier alpha value is -9.17. The molecule has 10 fully saturated rings. The summed E-state index contributed by atoms with van der Waals surface area (Å²) in [5.74, 6) is 2.71. The molecule has 27 nitrogen and oxygen atoms in total. The summed E-state index contributed by atoms with van der Waals surface area (Å²) in [5.41, 5.74) is 32.7. The van der Waals surface area contributed by atoms with E-state index in [2.05, 4.69) is 55.2 Å². The summed E-state index contributed by atoms with van der Waals surface area (Å²) in [4.78, 5) is 84.4. The van der Waals surface area contributed by atoms with Gasteiger partial charge in [0.2, 0.25) is 0 Å². The molecule has 10 aliphatic rings. The fourth-order valence-corrected chi connectivity index (χ4v) is 16.2. The van der Waals surface area contributed by atoms with Crippen molar-refractivity contribution >= 4 is 81.9 Å². The summed E-state index contributed by atoms with van der Waals surface area (Å²) in [7, 11) is 0. The van der Waals surface area contributed by atoms with Crippen LogP contribution in [0.5, 0.6) is 0 Å². The van der Waals surface area contributed by atoms with Gasteiger partial charge in [0.1, 0.15) is 51.5 Å². The van der Waals surface area contributed by atoms with Gasteiger partial charge in [-0.15, -0.1) is 0 Å². The predicted molar refractivity (Wildman–Crippen MR) is 405 cm³/mol. The van der Waals surface area contributed by atoms with Crippen molar-refractivity contribution in [1.82, 2.24) is 44.9 Å². The van der Waals surface area contributed by atoms with Gasteiger partial charge in [0.25, 0.3) is 0 Å². The number of nitrogens with two attached hydrogens (primary N) is 5. The summed E-state index contributed by atoms with van der Waals surface area (Å²) in [6, 6.07) is 21.1. The van der Waals surface area contributed by atoms with Crippen LogP contribution in [-0.2, 0) is 18.9 Å². The van der Waals surface area contributed by atoms with E-state index in [1.807, 2.05) is 171 Å². The highest BCUT2D eigenvalue weighted by atomic mass is 16.6. The van der Waals surface area contributed by atoms with Gasteiger partial charge in [0.15, 0.2) is 0 Å². The van der Waals surface area contributed by atoms with Gasteiger partial charge in [-0.25, -0.2) is 44.1 Å². The summed E-state index contributed by atoms with van der Waals surface area (Å²) < 4.78 is 21.9. The highest BCUT2D eigenvalue weighted by Crippen LogP contribution is 2.56. The monoisotopic (exact) mass is 1420 g/mol. The molecule has 4 bridgehead atoms. The standard InChI is InChI=1S/4C16H24N4O2.C12H17N3/c1-15(2,3)22-14(21)20-8-4-7-16(20)10-19(11-16)12-5-6-13(17)18-9-12;1-15(2,3)22-14(21)19-11-6-16(7-11)9-20(10-16)12-4-5-13(17)18-8-12;1-16(2,3)22-15(21)19-9-12-4-5-13(10-19)20(12)11-6-7-14(17)18-8-11;1-16(2,3)22-15(21)20-12-4-5-13(20)10-19(9-12)11-6-7-14(17)18-8-11;13-11-3-2-9(8-14-11)15-10-6-12(7-10)4-1-5-12/h5-6,9H,4,7-8,10-11H2,1-3H3,(H2,17,18);4-5,8,11H,6-7,9-10H2,1-3H3,(H2,17,18)(H,19,21);2*6-8,12-13H,4-5,9-10H2,1-3H3,(H2,17,18);2-3,8,10,15H,1,4-7H2,(H2,13,14). The number of alkyl carbamates (subject to hydrolysis) is 1. The number of hydrogen-bond acceptors (Lipinski definition) is 23. The van der Waals surface area contributed by atoms with Crippen molar-refractivity contribution < 1.29 is 38.1 Å². The predicted octanol–water partition coefficient (Wildman–Crippen LogP) is 11.3. The molecule has 0 radical (unpaired) electrons. The van der Waals surface area contributed by atoms with E-state index in [-0.39, 0.29) is 48.0 Å². The molecule has 7 saturated heterocycles. The third-order valence-corrected chi connectivity index (χ3v) is 20.9. The van der Waals surface area contributed by atoms with E-state index in [1.54, 1.807) is 18.5 Å². The molecule has 12 heterocycles. The van der Waals surface area contributed by atoms with Crippen molar-refractivity contribution in [3.05, 3.63) is 91.6 Å². The number of aromatic nitrogens is 5. The van der Waals surface area contributed by atoms with Crippen LogP contribution < -0.4 is 58.9 Å². The van der Waals surface area contributed by atoms with Gasteiger partial charge in [0, 0.05) is 88.5 Å². The Morgan fingerprint density at radius 2 is 0.854 bits per heavy atom. The first kappa shape index (κ1) is 75.0. The van der Waals surface area contributed by atoms with Crippen LogP contribution in [-0.4, -0.2) is 187 Å². The number of pyridine rings is 5. The molecule has 103 heavy (non-hydrogen) atoms. The number of ether oxygens (including phenoxy) is 4. The number of anilines is 10. The van der Waals surface area contributed by atoms with Gasteiger partial charge in [-0.1, -0.05) is 6.42 Å². The van der Waals surface area contributed by atoms with Crippen molar-refractivity contribution in [3.8, 4) is 0 Å². The second-order valence-electron chi connectivity index (χ2n) is 34.1. The van der Waals surface area contributed by atoms with E-state index >= 15 is 0 Å². The lowest BCUT2D eigenvalue weighted by atomic mass is 9.54. The average Bonchev–Trinajstić information content (AvgIpc) is 1.28. The van der Waals surface area contributed by atoms with Gasteiger partial charge >= 0.3 is 24.4 Å². The Morgan fingerprint density at radius 1 is 0.437 bits per heavy atom. The zero-order chi connectivity index (χ0) is 74.0. The Bertz CT molecular complexity index is 3620. The van der Waals surface area contributed by atoms with Gasteiger partial charge in [-0.2, -0.15) is 0 Å². The molecule has 4 unspecified atom stereocenters. The highest BCUT2D eigenvalue weighted by Gasteiger charge is 2.55. The number of carbonyl (C=O) groups excluding carboxylic acids is 4. The Kier molecular flexibility index (Phi) is 21.8. The topological polar surface area (TPSA) is 346 Å². The van der Waals surface area contributed by atoms with Crippen molar-refractivity contribution in [1.29, 1.82) is 0 Å². The Labute approximate surface area is 608 Å². The quantitative estimate of drug-likeness (QED) is 0.0744. The molecule has 5 aromatic heterocycles. The number of nitrogen functional groups attached to an aromatic ring is 5. The highest BCUT2D eigenvalue weighted by molar-refractivity contribution is 5.72. The number of nitrogens with one attached hydrogen (secondary N) is 2. The van der Waals surface area contributed by atoms with Crippen molar-refractivity contribution in [2.24, 2.45) is 10.8 Å². The summed E-state index contributed by atoms with van der Waals surface area (Å²) in [6.07, 6.45) is 23.5. The summed E-state index contributed by atoms with van der Waals surface area (Å²) >= 11 is 0. The van der Waals surface area contributed by atoms with Crippen molar-refractivity contribution in [2.75, 3.05) is 112 Å². The maximum absolute atomic E-state index is 12.4. The largest absolute Gasteiger partial charge is 0.444 e. The Morgan fingerprint density at radius 3 is 1.29 bits per heavy atom. The van der Waals surface area contributed by atoms with Crippen molar-refractivity contribution in [3.63, 3.8) is 0 Å². The minimum Gasteiger partial charge on any atom is -0.444 e. The number of nitrogens with zero attached hydrogens (tertiary/aromatic N) is 12. The fourth-order valence-electron chi connectivity index (χ4n) is 16.2. The number of piperazine rings is 2. The van der Waals surface area contributed by atoms with Crippen molar-refractivity contribution in [2.45, 2.75) is 231 Å². The van der Waals surface area contributed by atoms with E-state index < -0.39 is 22.4 Å². The third kappa shape index (κ3) is 19.2. The van der Waals surface area contributed by atoms with E-state index in [0.29, 0.717) is 65.7 Å². The first-order chi connectivity index (χ1) is 48.5. The summed E-state index contributed by atoms with van der Waals surface area (Å²) in [5, 5.41) is 6.46. The lowest BCUT2D eigenvalue weighted by Crippen LogP contribution is -2.69. The number of likely N-dealkylation sites (tertiary alicyclic amines) is 2. The maximum Gasteiger partial charge on any atom is 0.410 e. The van der Waals surface area contributed by atoms with Gasteiger partial charge in [-0.3, -0.25) is 9.80 Å². The molecule has 12 N–H and O–H groups in total. The van der Waals surface area contributed by atoms with E-state index in [4.69, 9.17) is 47.6 Å².